The zero-order chi connectivity index (χ0) is 14.5. The summed E-state index contributed by atoms with van der Waals surface area (Å²) >= 11 is 3.27. The van der Waals surface area contributed by atoms with Crippen molar-refractivity contribution in [3.8, 4) is 0 Å². The molecule has 20 heavy (non-hydrogen) atoms. The van der Waals surface area contributed by atoms with Crippen molar-refractivity contribution in [2.24, 2.45) is 0 Å². The van der Waals surface area contributed by atoms with E-state index in [-0.39, 0.29) is 12.2 Å². The number of rotatable bonds is 5. The molecule has 0 aliphatic carbocycles. The topological polar surface area (TPSA) is 54.4 Å². The summed E-state index contributed by atoms with van der Waals surface area (Å²) in [7, 11) is 0. The van der Waals surface area contributed by atoms with Crippen LogP contribution >= 0.6 is 15.9 Å². The van der Waals surface area contributed by atoms with Crippen molar-refractivity contribution in [1.82, 2.24) is 0 Å². The molecule has 3 nitrogen and oxygen atoms in total. The fraction of sp³-hybridized carbons (Fsp3) is 0.125. The second kappa shape index (κ2) is 6.59. The minimum Gasteiger partial charge on any atom is -0.384 e. The molecule has 0 unspecified atom stereocenters. The molecule has 0 aliphatic heterocycles. The maximum Gasteiger partial charge on any atom is 0.191 e. The Hall–Kier alpha value is -1.78. The molecule has 0 radical (unpaired) electrons. The van der Waals surface area contributed by atoms with Gasteiger partial charge in [-0.1, -0.05) is 58.4 Å². The van der Waals surface area contributed by atoms with E-state index in [4.69, 9.17) is 0 Å². The van der Waals surface area contributed by atoms with Crippen molar-refractivity contribution in [3.63, 3.8) is 0 Å². The Labute approximate surface area is 125 Å². The smallest absolute Gasteiger partial charge is 0.191 e. The van der Waals surface area contributed by atoms with Crippen LogP contribution in [0, 0.1) is 0 Å². The highest BCUT2D eigenvalue weighted by atomic mass is 79.9. The Morgan fingerprint density at radius 2 is 1.55 bits per heavy atom. The molecule has 102 valence electrons. The van der Waals surface area contributed by atoms with Gasteiger partial charge in [0.2, 0.25) is 0 Å². The molecule has 0 spiro atoms. The molecule has 0 aromatic heterocycles. The first-order valence-corrected chi connectivity index (χ1v) is 6.93. The molecule has 4 heteroatoms. The number of Topliss-reactive ketones (excluding diaryl/α,β-unsaturated/α-hetero) is 2. The van der Waals surface area contributed by atoms with Crippen LogP contribution in [0.3, 0.4) is 0 Å². The van der Waals surface area contributed by atoms with Gasteiger partial charge in [0.15, 0.2) is 11.6 Å². The highest BCUT2D eigenvalue weighted by Crippen LogP contribution is 2.14. The summed E-state index contributed by atoms with van der Waals surface area (Å²) in [5.74, 6) is -0.689. The van der Waals surface area contributed by atoms with Crippen LogP contribution in [0.25, 0.3) is 0 Å². The number of aliphatic hydroxyl groups excluding tert-OH is 1. The quantitative estimate of drug-likeness (QED) is 0.855. The Morgan fingerprint density at radius 3 is 2.15 bits per heavy atom. The standard InChI is InChI=1S/C16H13BrO3/c17-13-8-6-12(7-9-13)16(20)15(19)10-14(18)11-4-2-1-3-5-11/h1-9,15,19H,10H2/t15-/m0/s1. The zero-order valence-corrected chi connectivity index (χ0v) is 12.2. The van der Waals surface area contributed by atoms with Gasteiger partial charge in [0.05, 0.1) is 0 Å². The van der Waals surface area contributed by atoms with Crippen LogP contribution in [0.5, 0.6) is 0 Å². The van der Waals surface area contributed by atoms with E-state index < -0.39 is 11.9 Å². The third-order valence-electron chi connectivity index (χ3n) is 2.91. The van der Waals surface area contributed by atoms with Crippen LogP contribution in [0.15, 0.2) is 59.1 Å². The molecule has 0 bridgehead atoms. The molecule has 1 N–H and O–H groups in total. The van der Waals surface area contributed by atoms with Crippen LogP contribution in [-0.2, 0) is 0 Å². The maximum absolute atomic E-state index is 12.0. The first-order valence-electron chi connectivity index (χ1n) is 6.14. The van der Waals surface area contributed by atoms with Crippen molar-refractivity contribution in [2.45, 2.75) is 12.5 Å². The molecular formula is C16H13BrO3. The average Bonchev–Trinajstić information content (AvgIpc) is 2.48. The van der Waals surface area contributed by atoms with Crippen LogP contribution in [-0.4, -0.2) is 22.8 Å². The van der Waals surface area contributed by atoms with Crippen molar-refractivity contribution < 1.29 is 14.7 Å². The molecule has 0 aliphatic rings. The minimum atomic E-state index is -1.32. The van der Waals surface area contributed by atoms with Gasteiger partial charge in [0.25, 0.3) is 0 Å². The molecule has 2 aromatic rings. The lowest BCUT2D eigenvalue weighted by Gasteiger charge is -2.09. The van der Waals surface area contributed by atoms with Gasteiger partial charge >= 0.3 is 0 Å². The summed E-state index contributed by atoms with van der Waals surface area (Å²) < 4.78 is 0.851. The Bertz CT molecular complexity index is 605. The van der Waals surface area contributed by atoms with E-state index in [9.17, 15) is 14.7 Å². The van der Waals surface area contributed by atoms with E-state index in [0.29, 0.717) is 11.1 Å². The van der Waals surface area contributed by atoms with Gasteiger partial charge in [-0.3, -0.25) is 9.59 Å². The van der Waals surface area contributed by atoms with Crippen LogP contribution in [0.4, 0.5) is 0 Å². The van der Waals surface area contributed by atoms with Crippen molar-refractivity contribution in [1.29, 1.82) is 0 Å². The number of carbonyl (C=O) groups is 2. The number of carbonyl (C=O) groups excluding carboxylic acids is 2. The van der Waals surface area contributed by atoms with E-state index >= 15 is 0 Å². The van der Waals surface area contributed by atoms with Gasteiger partial charge in [0, 0.05) is 22.0 Å². The molecule has 0 amide bonds. The Kier molecular flexibility index (Phi) is 4.82. The van der Waals surface area contributed by atoms with Gasteiger partial charge in [-0.05, 0) is 12.1 Å². The van der Waals surface area contributed by atoms with Gasteiger partial charge in [-0.25, -0.2) is 0 Å². The van der Waals surface area contributed by atoms with Gasteiger partial charge < -0.3 is 5.11 Å². The molecule has 2 aromatic carbocycles. The van der Waals surface area contributed by atoms with Gasteiger partial charge in [0.1, 0.15) is 6.10 Å². The maximum atomic E-state index is 12.0. The van der Waals surface area contributed by atoms with Crippen LogP contribution in [0.2, 0.25) is 0 Å². The summed E-state index contributed by atoms with van der Waals surface area (Å²) in [4.78, 5) is 23.9. The number of halogens is 1. The second-order valence-electron chi connectivity index (χ2n) is 4.38. The second-order valence-corrected chi connectivity index (χ2v) is 5.30. The first kappa shape index (κ1) is 14.6. The lowest BCUT2D eigenvalue weighted by molar-refractivity contribution is 0.0681. The van der Waals surface area contributed by atoms with Crippen LogP contribution in [0.1, 0.15) is 27.1 Å². The van der Waals surface area contributed by atoms with Crippen LogP contribution < -0.4 is 0 Å². The SMILES string of the molecule is O=C(C[C@H](O)C(=O)c1ccc(Br)cc1)c1ccccc1. The predicted molar refractivity (Wildman–Crippen MR) is 79.9 cm³/mol. The van der Waals surface area contributed by atoms with Crippen molar-refractivity contribution >= 4 is 27.5 Å². The summed E-state index contributed by atoms with van der Waals surface area (Å²) in [5.41, 5.74) is 0.886. The van der Waals surface area contributed by atoms with Crippen molar-refractivity contribution in [3.05, 3.63) is 70.2 Å². The number of aliphatic hydroxyl groups is 1. The lowest BCUT2D eigenvalue weighted by atomic mass is 9.99. The Morgan fingerprint density at radius 1 is 0.950 bits per heavy atom. The minimum absolute atomic E-state index is 0.209. The largest absolute Gasteiger partial charge is 0.384 e. The number of benzene rings is 2. The lowest BCUT2D eigenvalue weighted by Crippen LogP contribution is -2.24. The third kappa shape index (κ3) is 3.62. The summed E-state index contributed by atoms with van der Waals surface area (Å²) in [5, 5.41) is 9.89. The van der Waals surface area contributed by atoms with E-state index in [1.54, 1.807) is 54.6 Å². The van der Waals surface area contributed by atoms with Gasteiger partial charge in [-0.15, -0.1) is 0 Å². The molecule has 0 saturated carbocycles. The van der Waals surface area contributed by atoms with E-state index in [0.717, 1.165) is 4.47 Å². The third-order valence-corrected chi connectivity index (χ3v) is 3.43. The van der Waals surface area contributed by atoms with E-state index in [1.165, 1.54) is 0 Å². The average molecular weight is 333 g/mol. The van der Waals surface area contributed by atoms with Crippen molar-refractivity contribution in [2.75, 3.05) is 0 Å². The number of hydrogen-bond donors (Lipinski definition) is 1. The first-order chi connectivity index (χ1) is 9.58. The fourth-order valence-corrected chi connectivity index (χ4v) is 2.08. The molecule has 1 atom stereocenters. The van der Waals surface area contributed by atoms with E-state index in [2.05, 4.69) is 15.9 Å². The summed E-state index contributed by atoms with van der Waals surface area (Å²) in [6, 6.07) is 15.3. The molecule has 2 rings (SSSR count). The predicted octanol–water partition coefficient (Wildman–Crippen LogP) is 3.27. The van der Waals surface area contributed by atoms with Gasteiger partial charge in [-0.2, -0.15) is 0 Å². The highest BCUT2D eigenvalue weighted by molar-refractivity contribution is 9.10. The normalized spacial score (nSPS) is 11.9. The Balaban J connectivity index is 2.05. The molecular weight excluding hydrogens is 320 g/mol. The molecule has 0 saturated heterocycles. The zero-order valence-electron chi connectivity index (χ0n) is 10.6. The number of ketones is 2. The summed E-state index contributed by atoms with van der Waals surface area (Å²) in [6.07, 6.45) is -1.53. The van der Waals surface area contributed by atoms with E-state index in [1.807, 2.05) is 0 Å². The monoisotopic (exact) mass is 332 g/mol. The summed E-state index contributed by atoms with van der Waals surface area (Å²) in [6.45, 7) is 0. The molecule has 0 fully saturated rings. The highest BCUT2D eigenvalue weighted by Gasteiger charge is 2.21. The molecule has 0 heterocycles. The number of hydrogen-bond acceptors (Lipinski definition) is 3. The fourth-order valence-electron chi connectivity index (χ4n) is 1.82.